The van der Waals surface area contributed by atoms with Crippen LogP contribution in [0.1, 0.15) is 13.8 Å². The predicted octanol–water partition coefficient (Wildman–Crippen LogP) is -1.07. The molecule has 1 aliphatic heterocycles. The number of carbonyl (C=O) groups is 1. The summed E-state index contributed by atoms with van der Waals surface area (Å²) in [5, 5.41) is 0. The molecule has 1 atom stereocenters. The second-order valence-electron chi connectivity index (χ2n) is 4.63. The number of morpholine rings is 1. The normalized spacial score (nSPS) is 19.1. The minimum atomic E-state index is -0.627. The number of hydrogen-bond donors (Lipinski definition) is 2. The number of hydrogen-bond acceptors (Lipinski definition) is 8. The van der Waals surface area contributed by atoms with Crippen molar-refractivity contribution in [3.8, 4) is 6.01 Å². The first-order valence-electron chi connectivity index (χ1n) is 6.29. The van der Waals surface area contributed by atoms with Crippen molar-refractivity contribution in [3.05, 3.63) is 0 Å². The fourth-order valence-electron chi connectivity index (χ4n) is 1.83. The molecule has 1 unspecified atom stereocenters. The maximum atomic E-state index is 11.5. The Labute approximate surface area is 116 Å². The number of ether oxygens (including phenoxy) is 2. The lowest BCUT2D eigenvalue weighted by atomic mass is 10.2. The van der Waals surface area contributed by atoms with E-state index in [1.165, 1.54) is 0 Å². The number of anilines is 2. The van der Waals surface area contributed by atoms with Crippen LogP contribution in [0.25, 0.3) is 0 Å². The van der Waals surface area contributed by atoms with E-state index in [-0.39, 0.29) is 30.6 Å². The van der Waals surface area contributed by atoms with Crippen LogP contribution < -0.4 is 21.1 Å². The average molecular weight is 282 g/mol. The number of nitrogens with two attached hydrogens (primary N) is 2. The maximum Gasteiger partial charge on any atom is 0.323 e. The van der Waals surface area contributed by atoms with Crippen LogP contribution in [0, 0.1) is 0 Å². The number of nitrogens with zero attached hydrogens (tertiary/aromatic N) is 4. The summed E-state index contributed by atoms with van der Waals surface area (Å²) in [5.74, 6) is -0.212. The molecule has 0 radical (unpaired) electrons. The van der Waals surface area contributed by atoms with E-state index >= 15 is 0 Å². The van der Waals surface area contributed by atoms with Gasteiger partial charge in [0.05, 0.1) is 19.3 Å². The third-order valence-corrected chi connectivity index (χ3v) is 2.68. The third-order valence-electron chi connectivity index (χ3n) is 2.68. The van der Waals surface area contributed by atoms with Gasteiger partial charge in [-0.3, -0.25) is 4.79 Å². The van der Waals surface area contributed by atoms with Gasteiger partial charge in [0, 0.05) is 6.54 Å². The summed E-state index contributed by atoms with van der Waals surface area (Å²) < 4.78 is 10.6. The first kappa shape index (κ1) is 14.3. The quantitative estimate of drug-likeness (QED) is 0.714. The van der Waals surface area contributed by atoms with Crippen LogP contribution >= 0.6 is 0 Å². The van der Waals surface area contributed by atoms with Crippen molar-refractivity contribution in [1.29, 1.82) is 0 Å². The lowest BCUT2D eigenvalue weighted by Crippen LogP contribution is -2.53. The van der Waals surface area contributed by atoms with Gasteiger partial charge in [0.1, 0.15) is 6.04 Å². The molecular formula is C11H18N6O3. The minimum Gasteiger partial charge on any atom is -0.461 e. The number of carbonyl (C=O) groups excluding carboxylic acids is 1. The molecule has 2 rings (SSSR count). The van der Waals surface area contributed by atoms with Gasteiger partial charge in [-0.2, -0.15) is 15.0 Å². The third kappa shape index (κ3) is 3.23. The molecule has 0 saturated carbocycles. The second-order valence-corrected chi connectivity index (χ2v) is 4.63. The monoisotopic (exact) mass is 282 g/mol. The van der Waals surface area contributed by atoms with E-state index in [0.717, 1.165) is 0 Å². The van der Waals surface area contributed by atoms with Crippen molar-refractivity contribution in [2.45, 2.75) is 26.0 Å². The van der Waals surface area contributed by atoms with Gasteiger partial charge < -0.3 is 25.8 Å². The average Bonchev–Trinajstić information content (AvgIpc) is 2.37. The van der Waals surface area contributed by atoms with Gasteiger partial charge in [-0.05, 0) is 13.8 Å². The molecule has 0 aliphatic carbocycles. The highest BCUT2D eigenvalue weighted by Crippen LogP contribution is 2.18. The van der Waals surface area contributed by atoms with Crippen molar-refractivity contribution in [3.63, 3.8) is 0 Å². The summed E-state index contributed by atoms with van der Waals surface area (Å²) >= 11 is 0. The molecule has 0 aromatic carbocycles. The molecule has 1 saturated heterocycles. The van der Waals surface area contributed by atoms with Crippen LogP contribution in [-0.4, -0.2) is 52.8 Å². The van der Waals surface area contributed by atoms with Crippen molar-refractivity contribution in [1.82, 2.24) is 15.0 Å². The summed E-state index contributed by atoms with van der Waals surface area (Å²) in [5.41, 5.74) is 11.0. The maximum absolute atomic E-state index is 11.5. The largest absolute Gasteiger partial charge is 0.461 e. The van der Waals surface area contributed by atoms with E-state index in [9.17, 15) is 4.79 Å². The molecule has 9 nitrogen and oxygen atoms in total. The van der Waals surface area contributed by atoms with Gasteiger partial charge in [0.15, 0.2) is 0 Å². The van der Waals surface area contributed by atoms with Gasteiger partial charge in [0.2, 0.25) is 17.8 Å². The molecule has 0 spiro atoms. The number of rotatable bonds is 4. The standard InChI is InChI=1S/C11H18N6O3/c1-6(2)20-11-15-9(13)14-10(16-11)17-3-4-19-5-7(17)8(12)18/h6-7H,3-5H2,1-2H3,(H2,12,18)(H2,13,14,15,16). The van der Waals surface area contributed by atoms with Crippen LogP contribution in [0.4, 0.5) is 11.9 Å². The summed E-state index contributed by atoms with van der Waals surface area (Å²) in [7, 11) is 0. The zero-order valence-corrected chi connectivity index (χ0v) is 11.4. The smallest absolute Gasteiger partial charge is 0.323 e. The number of primary amides is 1. The van der Waals surface area contributed by atoms with Crippen molar-refractivity contribution < 1.29 is 14.3 Å². The molecule has 1 aliphatic rings. The van der Waals surface area contributed by atoms with Crippen LogP contribution in [0.2, 0.25) is 0 Å². The van der Waals surface area contributed by atoms with Crippen LogP contribution in [0.3, 0.4) is 0 Å². The van der Waals surface area contributed by atoms with Gasteiger partial charge in [-0.1, -0.05) is 0 Å². The van der Waals surface area contributed by atoms with Crippen LogP contribution in [0.5, 0.6) is 6.01 Å². The Kier molecular flexibility index (Phi) is 4.18. The molecule has 1 aromatic heterocycles. The van der Waals surface area contributed by atoms with E-state index in [1.54, 1.807) is 4.90 Å². The Morgan fingerprint density at radius 3 is 2.85 bits per heavy atom. The van der Waals surface area contributed by atoms with Gasteiger partial charge >= 0.3 is 6.01 Å². The van der Waals surface area contributed by atoms with Gasteiger partial charge in [-0.15, -0.1) is 0 Å². The molecule has 9 heteroatoms. The summed E-state index contributed by atoms with van der Waals surface area (Å²) in [6, 6.07) is -0.505. The van der Waals surface area contributed by atoms with E-state index < -0.39 is 11.9 Å². The van der Waals surface area contributed by atoms with E-state index in [1.807, 2.05) is 13.8 Å². The fraction of sp³-hybridized carbons (Fsp3) is 0.636. The van der Waals surface area contributed by atoms with E-state index in [2.05, 4.69) is 15.0 Å². The summed E-state index contributed by atoms with van der Waals surface area (Å²) in [6.07, 6.45) is -0.0960. The summed E-state index contributed by atoms with van der Waals surface area (Å²) in [6.45, 7) is 4.79. The first-order valence-corrected chi connectivity index (χ1v) is 6.29. The number of amides is 1. The van der Waals surface area contributed by atoms with Crippen LogP contribution in [0.15, 0.2) is 0 Å². The Bertz CT molecular complexity index is 495. The van der Waals surface area contributed by atoms with Gasteiger partial charge in [-0.25, -0.2) is 0 Å². The molecule has 4 N–H and O–H groups in total. The Morgan fingerprint density at radius 1 is 1.45 bits per heavy atom. The van der Waals surface area contributed by atoms with Gasteiger partial charge in [0.25, 0.3) is 0 Å². The Balaban J connectivity index is 2.30. The van der Waals surface area contributed by atoms with Crippen molar-refractivity contribution in [2.24, 2.45) is 5.73 Å². The highest BCUT2D eigenvalue weighted by Gasteiger charge is 2.30. The van der Waals surface area contributed by atoms with E-state index in [0.29, 0.717) is 13.2 Å². The molecule has 2 heterocycles. The van der Waals surface area contributed by atoms with Crippen molar-refractivity contribution in [2.75, 3.05) is 30.4 Å². The lowest BCUT2D eigenvalue weighted by Gasteiger charge is -2.33. The Morgan fingerprint density at radius 2 is 2.20 bits per heavy atom. The zero-order valence-electron chi connectivity index (χ0n) is 11.4. The highest BCUT2D eigenvalue weighted by molar-refractivity contribution is 5.83. The summed E-state index contributed by atoms with van der Waals surface area (Å²) in [4.78, 5) is 25.2. The minimum absolute atomic E-state index is 0.0281. The molecule has 110 valence electrons. The first-order chi connectivity index (χ1) is 9.47. The lowest BCUT2D eigenvalue weighted by molar-refractivity contribution is -0.121. The van der Waals surface area contributed by atoms with Crippen LogP contribution in [-0.2, 0) is 9.53 Å². The molecule has 1 fully saturated rings. The fourth-order valence-corrected chi connectivity index (χ4v) is 1.83. The number of aromatic nitrogens is 3. The van der Waals surface area contributed by atoms with E-state index in [4.69, 9.17) is 20.9 Å². The molecule has 20 heavy (non-hydrogen) atoms. The zero-order chi connectivity index (χ0) is 14.7. The number of nitrogen functional groups attached to an aromatic ring is 1. The molecule has 1 amide bonds. The Hall–Kier alpha value is -2.16. The predicted molar refractivity (Wildman–Crippen MR) is 71.2 cm³/mol. The molecular weight excluding hydrogens is 264 g/mol. The molecule has 1 aromatic rings. The molecule has 0 bridgehead atoms. The van der Waals surface area contributed by atoms with Crippen molar-refractivity contribution >= 4 is 17.8 Å². The topological polar surface area (TPSA) is 129 Å². The SMILES string of the molecule is CC(C)Oc1nc(N)nc(N2CCOCC2C(N)=O)n1. The second kappa shape index (κ2) is 5.87. The highest BCUT2D eigenvalue weighted by atomic mass is 16.5.